The van der Waals surface area contributed by atoms with Crippen molar-refractivity contribution in [2.45, 2.75) is 64.1 Å². The Kier molecular flexibility index (Phi) is 3.81. The largest absolute Gasteiger partial charge is 0.389 e. The molecule has 1 aliphatic heterocycles. The van der Waals surface area contributed by atoms with Crippen LogP contribution in [-0.2, 0) is 4.74 Å². The highest BCUT2D eigenvalue weighted by Crippen LogP contribution is 2.50. The van der Waals surface area contributed by atoms with Gasteiger partial charge >= 0.3 is 0 Å². The van der Waals surface area contributed by atoms with Crippen LogP contribution in [0.3, 0.4) is 0 Å². The molecule has 2 rings (SSSR count). The van der Waals surface area contributed by atoms with E-state index in [2.05, 4.69) is 13.8 Å². The number of rotatable bonds is 2. The summed E-state index contributed by atoms with van der Waals surface area (Å²) < 4.78 is 5.58. The van der Waals surface area contributed by atoms with E-state index in [4.69, 9.17) is 10.5 Å². The molecule has 2 fully saturated rings. The van der Waals surface area contributed by atoms with Crippen LogP contribution in [0, 0.1) is 11.3 Å². The molecule has 4 unspecified atom stereocenters. The summed E-state index contributed by atoms with van der Waals surface area (Å²) in [5, 5.41) is 11.1. The van der Waals surface area contributed by atoms with Crippen LogP contribution in [0.25, 0.3) is 0 Å². The second kappa shape index (κ2) is 4.87. The van der Waals surface area contributed by atoms with Crippen LogP contribution in [0.15, 0.2) is 0 Å². The summed E-state index contributed by atoms with van der Waals surface area (Å²) in [6, 6.07) is 0. The van der Waals surface area contributed by atoms with Crippen molar-refractivity contribution in [2.75, 3.05) is 13.2 Å². The van der Waals surface area contributed by atoms with Gasteiger partial charge in [-0.3, -0.25) is 0 Å². The third kappa shape index (κ3) is 2.38. The Morgan fingerprint density at radius 1 is 1.29 bits per heavy atom. The number of nitrogens with two attached hydrogens (primary N) is 1. The molecule has 0 radical (unpaired) electrons. The van der Waals surface area contributed by atoms with E-state index in [1.165, 1.54) is 12.8 Å². The molecule has 2 aliphatic rings. The number of ether oxygens (including phenoxy) is 1. The molecule has 0 spiro atoms. The maximum atomic E-state index is 11.1. The van der Waals surface area contributed by atoms with Crippen LogP contribution in [0.5, 0.6) is 0 Å². The summed E-state index contributed by atoms with van der Waals surface area (Å²) in [5.74, 6) is 0.689. The lowest BCUT2D eigenvalue weighted by Gasteiger charge is -2.53. The normalized spacial score (nSPS) is 48.0. The monoisotopic (exact) mass is 241 g/mol. The van der Waals surface area contributed by atoms with Crippen LogP contribution in [0.4, 0.5) is 0 Å². The van der Waals surface area contributed by atoms with E-state index in [9.17, 15) is 5.11 Å². The zero-order valence-electron chi connectivity index (χ0n) is 11.2. The van der Waals surface area contributed by atoms with E-state index >= 15 is 0 Å². The molecule has 0 amide bonds. The Balaban J connectivity index is 2.20. The van der Waals surface area contributed by atoms with Crippen LogP contribution < -0.4 is 5.73 Å². The van der Waals surface area contributed by atoms with E-state index < -0.39 is 5.60 Å². The number of hydrogen-bond donors (Lipinski definition) is 2. The molecule has 4 atom stereocenters. The molecule has 1 aliphatic carbocycles. The van der Waals surface area contributed by atoms with Gasteiger partial charge in [-0.2, -0.15) is 0 Å². The molecule has 0 aromatic carbocycles. The minimum Gasteiger partial charge on any atom is -0.389 e. The van der Waals surface area contributed by atoms with E-state index in [0.29, 0.717) is 19.1 Å². The molecular formula is C14H27NO2. The van der Waals surface area contributed by atoms with Crippen molar-refractivity contribution >= 4 is 0 Å². The first-order chi connectivity index (χ1) is 8.01. The van der Waals surface area contributed by atoms with Gasteiger partial charge in [-0.15, -0.1) is 0 Å². The summed E-state index contributed by atoms with van der Waals surface area (Å²) in [4.78, 5) is 0. The Hall–Kier alpha value is -0.120. The topological polar surface area (TPSA) is 55.5 Å². The van der Waals surface area contributed by atoms with Gasteiger partial charge in [0, 0.05) is 31.4 Å². The summed E-state index contributed by atoms with van der Waals surface area (Å²) in [5.41, 5.74) is 5.39. The number of hydrogen-bond acceptors (Lipinski definition) is 3. The maximum absolute atomic E-state index is 11.1. The Morgan fingerprint density at radius 2 is 2.06 bits per heavy atom. The minimum atomic E-state index is -0.603. The summed E-state index contributed by atoms with van der Waals surface area (Å²) in [6.07, 6.45) is 6.30. The molecular weight excluding hydrogens is 214 g/mol. The number of aliphatic hydroxyl groups is 1. The first kappa shape index (κ1) is 13.3. The fourth-order valence-corrected chi connectivity index (χ4v) is 4.01. The van der Waals surface area contributed by atoms with Crippen LogP contribution in [0.2, 0.25) is 0 Å². The first-order valence-electron chi connectivity index (χ1n) is 7.05. The van der Waals surface area contributed by atoms with Gasteiger partial charge < -0.3 is 15.6 Å². The average Bonchev–Trinajstić information content (AvgIpc) is 2.28. The van der Waals surface area contributed by atoms with Crippen molar-refractivity contribution in [3.63, 3.8) is 0 Å². The van der Waals surface area contributed by atoms with Gasteiger partial charge in [-0.25, -0.2) is 0 Å². The highest BCUT2D eigenvalue weighted by Gasteiger charge is 2.52. The van der Waals surface area contributed by atoms with Gasteiger partial charge in [0.1, 0.15) is 0 Å². The molecule has 3 nitrogen and oxygen atoms in total. The molecule has 1 saturated heterocycles. The van der Waals surface area contributed by atoms with Crippen molar-refractivity contribution in [1.82, 2.24) is 0 Å². The average molecular weight is 241 g/mol. The Labute approximate surface area is 105 Å². The van der Waals surface area contributed by atoms with Crippen molar-refractivity contribution in [1.29, 1.82) is 0 Å². The van der Waals surface area contributed by atoms with Gasteiger partial charge in [0.15, 0.2) is 0 Å². The standard InChI is InChI=1S/C14H27NO2/c1-11-4-3-5-13(8-11,10-15)14(16)6-7-17-12(2)9-14/h11-12,16H,3-10,15H2,1-2H3. The molecule has 17 heavy (non-hydrogen) atoms. The van der Waals surface area contributed by atoms with Gasteiger partial charge in [0.25, 0.3) is 0 Å². The zero-order chi connectivity index (χ0) is 12.5. The predicted octanol–water partition coefficient (Wildman–Crippen LogP) is 2.07. The van der Waals surface area contributed by atoms with E-state index in [1.807, 2.05) is 0 Å². The van der Waals surface area contributed by atoms with Crippen molar-refractivity contribution in [3.8, 4) is 0 Å². The van der Waals surface area contributed by atoms with Crippen LogP contribution >= 0.6 is 0 Å². The summed E-state index contributed by atoms with van der Waals surface area (Å²) >= 11 is 0. The Morgan fingerprint density at radius 3 is 2.65 bits per heavy atom. The maximum Gasteiger partial charge on any atom is 0.0762 e. The lowest BCUT2D eigenvalue weighted by Crippen LogP contribution is -2.58. The van der Waals surface area contributed by atoms with E-state index in [0.717, 1.165) is 25.7 Å². The molecule has 0 bridgehead atoms. The third-order valence-corrected chi connectivity index (χ3v) is 5.01. The van der Waals surface area contributed by atoms with Gasteiger partial charge in [0.05, 0.1) is 11.7 Å². The molecule has 1 heterocycles. The van der Waals surface area contributed by atoms with Gasteiger partial charge in [0.2, 0.25) is 0 Å². The molecule has 1 saturated carbocycles. The quantitative estimate of drug-likeness (QED) is 0.778. The van der Waals surface area contributed by atoms with Crippen molar-refractivity contribution in [2.24, 2.45) is 17.1 Å². The van der Waals surface area contributed by atoms with E-state index in [-0.39, 0.29) is 11.5 Å². The molecule has 3 heteroatoms. The minimum absolute atomic E-state index is 0.0668. The summed E-state index contributed by atoms with van der Waals surface area (Å²) in [6.45, 7) is 5.63. The highest BCUT2D eigenvalue weighted by molar-refractivity contribution is 5.04. The van der Waals surface area contributed by atoms with Crippen molar-refractivity contribution < 1.29 is 9.84 Å². The molecule has 100 valence electrons. The smallest absolute Gasteiger partial charge is 0.0762 e. The SMILES string of the molecule is CC1CCCC(CN)(C2(O)CCOC(C)C2)C1. The summed E-state index contributed by atoms with van der Waals surface area (Å²) in [7, 11) is 0. The van der Waals surface area contributed by atoms with Crippen molar-refractivity contribution in [3.05, 3.63) is 0 Å². The van der Waals surface area contributed by atoms with Gasteiger partial charge in [-0.1, -0.05) is 19.8 Å². The van der Waals surface area contributed by atoms with Crippen LogP contribution in [-0.4, -0.2) is 30.0 Å². The lowest BCUT2D eigenvalue weighted by molar-refractivity contribution is -0.176. The second-order valence-electron chi connectivity index (χ2n) is 6.35. The fourth-order valence-electron chi connectivity index (χ4n) is 4.01. The second-order valence-corrected chi connectivity index (χ2v) is 6.35. The Bertz CT molecular complexity index is 271. The molecule has 3 N–H and O–H groups in total. The fraction of sp³-hybridized carbons (Fsp3) is 1.00. The predicted molar refractivity (Wildman–Crippen MR) is 68.7 cm³/mol. The molecule has 0 aromatic heterocycles. The first-order valence-corrected chi connectivity index (χ1v) is 7.05. The highest BCUT2D eigenvalue weighted by atomic mass is 16.5. The van der Waals surface area contributed by atoms with Crippen LogP contribution in [0.1, 0.15) is 52.4 Å². The lowest BCUT2D eigenvalue weighted by atomic mass is 9.58. The zero-order valence-corrected chi connectivity index (χ0v) is 11.2. The molecule has 0 aromatic rings. The van der Waals surface area contributed by atoms with E-state index in [1.54, 1.807) is 0 Å². The van der Waals surface area contributed by atoms with Gasteiger partial charge in [-0.05, 0) is 25.7 Å². The third-order valence-electron chi connectivity index (χ3n) is 5.01.